The summed E-state index contributed by atoms with van der Waals surface area (Å²) >= 11 is 0. The molecule has 1 aliphatic rings. The topological polar surface area (TPSA) is 24.9 Å². The van der Waals surface area contributed by atoms with E-state index in [1.54, 1.807) is 0 Å². The van der Waals surface area contributed by atoms with Gasteiger partial charge in [-0.3, -0.25) is 4.98 Å². The van der Waals surface area contributed by atoms with Crippen LogP contribution in [0, 0.1) is 6.92 Å². The third-order valence-corrected chi connectivity index (χ3v) is 4.00. The monoisotopic (exact) mass is 246 g/mol. The molecule has 1 aromatic rings. The van der Waals surface area contributed by atoms with Crippen LogP contribution in [0.25, 0.3) is 0 Å². The third-order valence-electron chi connectivity index (χ3n) is 4.00. The molecular formula is C16H26N2. The van der Waals surface area contributed by atoms with Gasteiger partial charge in [0.05, 0.1) is 0 Å². The van der Waals surface area contributed by atoms with Crippen LogP contribution in [0.3, 0.4) is 0 Å². The van der Waals surface area contributed by atoms with Crippen LogP contribution in [0.4, 0.5) is 0 Å². The van der Waals surface area contributed by atoms with E-state index in [1.165, 1.54) is 49.7 Å². The summed E-state index contributed by atoms with van der Waals surface area (Å²) in [6, 6.07) is 2.97. The Morgan fingerprint density at radius 1 is 1.22 bits per heavy atom. The third kappa shape index (κ3) is 3.55. The zero-order valence-electron chi connectivity index (χ0n) is 11.8. The van der Waals surface area contributed by atoms with E-state index in [0.29, 0.717) is 12.0 Å². The summed E-state index contributed by atoms with van der Waals surface area (Å²) in [7, 11) is 0. The summed E-state index contributed by atoms with van der Waals surface area (Å²) in [4.78, 5) is 4.38. The molecular weight excluding hydrogens is 220 g/mol. The molecule has 0 saturated heterocycles. The van der Waals surface area contributed by atoms with E-state index in [-0.39, 0.29) is 0 Å². The van der Waals surface area contributed by atoms with Crippen LogP contribution in [0.5, 0.6) is 0 Å². The lowest BCUT2D eigenvalue weighted by atomic mass is 9.88. The van der Waals surface area contributed by atoms with Crippen LogP contribution >= 0.6 is 0 Å². The minimum atomic E-state index is 0.649. The quantitative estimate of drug-likeness (QED) is 0.817. The van der Waals surface area contributed by atoms with E-state index in [4.69, 9.17) is 0 Å². The van der Waals surface area contributed by atoms with Gasteiger partial charge in [0.25, 0.3) is 0 Å². The number of nitrogens with zero attached hydrogens (tertiary/aromatic N) is 1. The Bertz CT molecular complexity index is 362. The first-order valence-corrected chi connectivity index (χ1v) is 7.46. The molecule has 0 spiro atoms. The van der Waals surface area contributed by atoms with Crippen molar-refractivity contribution in [3.63, 3.8) is 0 Å². The predicted octanol–water partition coefficient (Wildman–Crippen LogP) is 3.81. The molecule has 0 aromatic carbocycles. The fourth-order valence-electron chi connectivity index (χ4n) is 3.06. The van der Waals surface area contributed by atoms with Gasteiger partial charge in [0.2, 0.25) is 0 Å². The van der Waals surface area contributed by atoms with Gasteiger partial charge in [-0.25, -0.2) is 0 Å². The summed E-state index contributed by atoms with van der Waals surface area (Å²) in [6.07, 6.45) is 12.0. The number of aryl methyl sites for hydroxylation is 1. The van der Waals surface area contributed by atoms with Crippen molar-refractivity contribution in [1.29, 1.82) is 0 Å². The number of hydrogen-bond acceptors (Lipinski definition) is 2. The highest BCUT2D eigenvalue weighted by atomic mass is 14.9. The van der Waals surface area contributed by atoms with E-state index in [2.05, 4.69) is 36.4 Å². The van der Waals surface area contributed by atoms with Gasteiger partial charge < -0.3 is 5.32 Å². The van der Waals surface area contributed by atoms with Crippen molar-refractivity contribution < 1.29 is 0 Å². The maximum Gasteiger partial charge on any atom is 0.0303 e. The minimum Gasteiger partial charge on any atom is -0.313 e. The van der Waals surface area contributed by atoms with Gasteiger partial charge in [0.15, 0.2) is 0 Å². The Morgan fingerprint density at radius 2 is 2.06 bits per heavy atom. The summed E-state index contributed by atoms with van der Waals surface area (Å²) < 4.78 is 0. The normalized spacial score (nSPS) is 24.8. The predicted molar refractivity (Wildman–Crippen MR) is 76.9 cm³/mol. The van der Waals surface area contributed by atoms with E-state index < -0.39 is 0 Å². The highest BCUT2D eigenvalue weighted by molar-refractivity contribution is 5.22. The zero-order valence-corrected chi connectivity index (χ0v) is 11.8. The molecule has 1 heterocycles. The van der Waals surface area contributed by atoms with E-state index in [9.17, 15) is 0 Å². The average Bonchev–Trinajstić information content (AvgIpc) is 2.61. The van der Waals surface area contributed by atoms with Crippen molar-refractivity contribution in [2.75, 3.05) is 6.54 Å². The van der Waals surface area contributed by atoms with Gasteiger partial charge in [0, 0.05) is 24.4 Å². The molecule has 0 radical (unpaired) electrons. The summed E-state index contributed by atoms with van der Waals surface area (Å²) in [5.74, 6) is 0.659. The van der Waals surface area contributed by atoms with Gasteiger partial charge in [0.1, 0.15) is 0 Å². The fourth-order valence-corrected chi connectivity index (χ4v) is 3.06. The minimum absolute atomic E-state index is 0.649. The lowest BCUT2D eigenvalue weighted by Gasteiger charge is -2.26. The number of pyridine rings is 1. The summed E-state index contributed by atoms with van der Waals surface area (Å²) in [5.41, 5.74) is 2.72. The lowest BCUT2D eigenvalue weighted by molar-refractivity contribution is 0.410. The second-order valence-corrected chi connectivity index (χ2v) is 5.60. The lowest BCUT2D eigenvalue weighted by Crippen LogP contribution is -2.34. The number of hydrogen-bond donors (Lipinski definition) is 1. The second kappa shape index (κ2) is 6.89. The molecule has 18 heavy (non-hydrogen) atoms. The summed E-state index contributed by atoms with van der Waals surface area (Å²) in [5, 5.41) is 3.75. The molecule has 0 bridgehead atoms. The maximum absolute atomic E-state index is 4.38. The van der Waals surface area contributed by atoms with Crippen molar-refractivity contribution in [2.24, 2.45) is 0 Å². The molecule has 2 rings (SSSR count). The van der Waals surface area contributed by atoms with Crippen LogP contribution in [0.15, 0.2) is 18.5 Å². The second-order valence-electron chi connectivity index (χ2n) is 5.60. The van der Waals surface area contributed by atoms with Gasteiger partial charge in [-0.05, 0) is 43.9 Å². The molecule has 0 aliphatic heterocycles. The molecule has 1 N–H and O–H groups in total. The number of aromatic nitrogens is 1. The smallest absolute Gasteiger partial charge is 0.0303 e. The highest BCUT2D eigenvalue weighted by Gasteiger charge is 2.24. The molecule has 1 saturated carbocycles. The molecule has 1 fully saturated rings. The van der Waals surface area contributed by atoms with Crippen molar-refractivity contribution >= 4 is 0 Å². The molecule has 2 nitrogen and oxygen atoms in total. The average molecular weight is 246 g/mol. The van der Waals surface area contributed by atoms with Crippen LogP contribution in [0.2, 0.25) is 0 Å². The Hall–Kier alpha value is -0.890. The molecule has 100 valence electrons. The van der Waals surface area contributed by atoms with Crippen molar-refractivity contribution in [2.45, 2.75) is 64.3 Å². The van der Waals surface area contributed by atoms with Gasteiger partial charge in [-0.2, -0.15) is 0 Å². The van der Waals surface area contributed by atoms with Crippen LogP contribution in [-0.4, -0.2) is 17.6 Å². The van der Waals surface area contributed by atoms with E-state index >= 15 is 0 Å². The molecule has 2 atom stereocenters. The largest absolute Gasteiger partial charge is 0.313 e. The standard InChI is InChI=1S/C16H26N2/c1-3-9-18-16-8-6-4-5-7-15(16)14-10-13(2)11-17-12-14/h10-12,15-16,18H,3-9H2,1-2H3. The van der Waals surface area contributed by atoms with Gasteiger partial charge in [-0.15, -0.1) is 0 Å². The highest BCUT2D eigenvalue weighted by Crippen LogP contribution is 2.32. The Labute approximate surface area is 111 Å². The molecule has 1 aliphatic carbocycles. The SMILES string of the molecule is CCCNC1CCCCCC1c1cncc(C)c1. The first kappa shape index (κ1) is 13.5. The Kier molecular flexibility index (Phi) is 5.18. The summed E-state index contributed by atoms with van der Waals surface area (Å²) in [6.45, 7) is 5.52. The maximum atomic E-state index is 4.38. The molecule has 0 amide bonds. The van der Waals surface area contributed by atoms with Crippen LogP contribution in [0.1, 0.15) is 62.5 Å². The molecule has 2 heteroatoms. The zero-order chi connectivity index (χ0) is 12.8. The molecule has 1 aromatic heterocycles. The van der Waals surface area contributed by atoms with Gasteiger partial charge in [-0.1, -0.05) is 32.3 Å². The van der Waals surface area contributed by atoms with Crippen molar-refractivity contribution in [1.82, 2.24) is 10.3 Å². The fraction of sp³-hybridized carbons (Fsp3) is 0.688. The van der Waals surface area contributed by atoms with Gasteiger partial charge >= 0.3 is 0 Å². The Balaban J connectivity index is 2.14. The van der Waals surface area contributed by atoms with Crippen LogP contribution in [-0.2, 0) is 0 Å². The number of nitrogens with one attached hydrogen (secondary N) is 1. The van der Waals surface area contributed by atoms with Crippen LogP contribution < -0.4 is 5.32 Å². The van der Waals surface area contributed by atoms with E-state index in [1.807, 2.05) is 6.20 Å². The van der Waals surface area contributed by atoms with E-state index in [0.717, 1.165) is 6.54 Å². The number of rotatable bonds is 4. The first-order chi connectivity index (χ1) is 8.81. The van der Waals surface area contributed by atoms with Crippen molar-refractivity contribution in [3.05, 3.63) is 29.6 Å². The first-order valence-electron chi connectivity index (χ1n) is 7.46. The molecule has 2 unspecified atom stereocenters. The Morgan fingerprint density at radius 3 is 2.83 bits per heavy atom. The van der Waals surface area contributed by atoms with Crippen molar-refractivity contribution in [3.8, 4) is 0 Å².